The molecule has 0 bridgehead atoms. The second-order valence-electron chi connectivity index (χ2n) is 5.04. The van der Waals surface area contributed by atoms with Crippen LogP contribution in [0.1, 0.15) is 18.9 Å². The lowest BCUT2D eigenvalue weighted by molar-refractivity contribution is 0.468. The molecule has 1 unspecified atom stereocenters. The van der Waals surface area contributed by atoms with E-state index in [4.69, 9.17) is 11.6 Å². The Kier molecular flexibility index (Phi) is 4.30. The van der Waals surface area contributed by atoms with Gasteiger partial charge in [-0.1, -0.05) is 24.6 Å². The van der Waals surface area contributed by atoms with Crippen LogP contribution in [-0.2, 0) is 0 Å². The topological polar surface area (TPSA) is 15.3 Å². The third-order valence-electron chi connectivity index (χ3n) is 3.33. The number of anilines is 1. The van der Waals surface area contributed by atoms with Crippen LogP contribution in [0.3, 0.4) is 0 Å². The molecule has 0 spiro atoms. The number of halogens is 1. The van der Waals surface area contributed by atoms with Gasteiger partial charge in [0, 0.05) is 23.8 Å². The molecular formula is C14H21ClN2. The van der Waals surface area contributed by atoms with Crippen LogP contribution in [0.25, 0.3) is 0 Å². The predicted octanol–water partition coefficient (Wildman–Crippen LogP) is 3.08. The summed E-state index contributed by atoms with van der Waals surface area (Å²) in [6, 6.07) is 6.39. The first kappa shape index (κ1) is 12.7. The highest BCUT2D eigenvalue weighted by Crippen LogP contribution is 2.24. The van der Waals surface area contributed by atoms with Crippen molar-refractivity contribution in [1.82, 2.24) is 5.32 Å². The molecule has 1 aliphatic heterocycles. The molecule has 0 saturated carbocycles. The summed E-state index contributed by atoms with van der Waals surface area (Å²) >= 11 is 6.20. The minimum absolute atomic E-state index is 0.676. The molecule has 1 saturated heterocycles. The van der Waals surface area contributed by atoms with Crippen LogP contribution in [-0.4, -0.2) is 26.2 Å². The third kappa shape index (κ3) is 3.36. The number of rotatable bonds is 1. The van der Waals surface area contributed by atoms with E-state index in [1.165, 1.54) is 12.1 Å². The molecule has 1 atom stereocenters. The van der Waals surface area contributed by atoms with Gasteiger partial charge in [0.1, 0.15) is 0 Å². The summed E-state index contributed by atoms with van der Waals surface area (Å²) in [7, 11) is 0. The smallest absolute Gasteiger partial charge is 0.0455 e. The van der Waals surface area contributed by atoms with E-state index in [2.05, 4.69) is 35.3 Å². The maximum Gasteiger partial charge on any atom is 0.0455 e. The third-order valence-corrected chi connectivity index (χ3v) is 3.73. The van der Waals surface area contributed by atoms with Crippen molar-refractivity contribution in [2.75, 3.05) is 31.1 Å². The fourth-order valence-electron chi connectivity index (χ4n) is 2.29. The molecule has 1 fully saturated rings. The Labute approximate surface area is 109 Å². The van der Waals surface area contributed by atoms with Crippen LogP contribution in [0.2, 0.25) is 5.02 Å². The lowest BCUT2D eigenvalue weighted by atomic mass is 10.1. The molecule has 1 N–H and O–H groups in total. The molecule has 2 rings (SSSR count). The van der Waals surface area contributed by atoms with Crippen LogP contribution < -0.4 is 10.2 Å². The van der Waals surface area contributed by atoms with E-state index in [-0.39, 0.29) is 0 Å². The van der Waals surface area contributed by atoms with E-state index in [1.807, 2.05) is 6.92 Å². The fraction of sp³-hybridized carbons (Fsp3) is 0.571. The number of hydrogen-bond acceptors (Lipinski definition) is 2. The van der Waals surface area contributed by atoms with E-state index < -0.39 is 0 Å². The van der Waals surface area contributed by atoms with Crippen molar-refractivity contribution >= 4 is 17.3 Å². The van der Waals surface area contributed by atoms with Crippen LogP contribution in [0.4, 0.5) is 5.69 Å². The largest absolute Gasteiger partial charge is 0.371 e. The van der Waals surface area contributed by atoms with Gasteiger partial charge in [-0.3, -0.25) is 0 Å². The first-order valence-corrected chi connectivity index (χ1v) is 6.76. The van der Waals surface area contributed by atoms with Gasteiger partial charge in [-0.2, -0.15) is 0 Å². The summed E-state index contributed by atoms with van der Waals surface area (Å²) in [5, 5.41) is 4.35. The molecule has 1 heterocycles. The zero-order chi connectivity index (χ0) is 12.3. The minimum Gasteiger partial charge on any atom is -0.371 e. The van der Waals surface area contributed by atoms with Gasteiger partial charge in [0.15, 0.2) is 0 Å². The van der Waals surface area contributed by atoms with E-state index in [1.54, 1.807) is 0 Å². The molecule has 1 aliphatic rings. The van der Waals surface area contributed by atoms with Crippen molar-refractivity contribution in [3.05, 3.63) is 28.8 Å². The van der Waals surface area contributed by atoms with Gasteiger partial charge in [0.2, 0.25) is 0 Å². The number of hydrogen-bond donors (Lipinski definition) is 1. The zero-order valence-corrected chi connectivity index (χ0v) is 11.4. The molecular weight excluding hydrogens is 232 g/mol. The second-order valence-corrected chi connectivity index (χ2v) is 5.45. The standard InChI is InChI=1S/C14H21ClN2/c1-11-9-16-6-3-7-17(10-11)13-5-4-12(2)14(15)8-13/h4-5,8,11,16H,3,6-7,9-10H2,1-2H3. The van der Waals surface area contributed by atoms with E-state index >= 15 is 0 Å². The molecule has 1 aromatic rings. The Morgan fingerprint density at radius 1 is 1.41 bits per heavy atom. The van der Waals surface area contributed by atoms with Gasteiger partial charge >= 0.3 is 0 Å². The van der Waals surface area contributed by atoms with Gasteiger partial charge < -0.3 is 10.2 Å². The summed E-state index contributed by atoms with van der Waals surface area (Å²) in [5.41, 5.74) is 2.41. The molecule has 0 aliphatic carbocycles. The molecule has 0 radical (unpaired) electrons. The maximum absolute atomic E-state index is 6.20. The van der Waals surface area contributed by atoms with Crippen molar-refractivity contribution in [2.45, 2.75) is 20.3 Å². The quantitative estimate of drug-likeness (QED) is 0.826. The second kappa shape index (κ2) is 5.74. The van der Waals surface area contributed by atoms with Crippen LogP contribution in [0, 0.1) is 12.8 Å². The molecule has 3 heteroatoms. The van der Waals surface area contributed by atoms with Crippen molar-refractivity contribution in [2.24, 2.45) is 5.92 Å². The molecule has 2 nitrogen and oxygen atoms in total. The predicted molar refractivity (Wildman–Crippen MR) is 75.1 cm³/mol. The Hall–Kier alpha value is -0.730. The molecule has 1 aromatic carbocycles. The molecule has 17 heavy (non-hydrogen) atoms. The monoisotopic (exact) mass is 252 g/mol. The summed E-state index contributed by atoms with van der Waals surface area (Å²) in [6.45, 7) is 8.77. The van der Waals surface area contributed by atoms with Gasteiger partial charge in [0.05, 0.1) is 0 Å². The van der Waals surface area contributed by atoms with E-state index in [9.17, 15) is 0 Å². The summed E-state index contributed by atoms with van der Waals surface area (Å²) < 4.78 is 0. The summed E-state index contributed by atoms with van der Waals surface area (Å²) in [5.74, 6) is 0.676. The van der Waals surface area contributed by atoms with Gasteiger partial charge in [-0.25, -0.2) is 0 Å². The van der Waals surface area contributed by atoms with Crippen molar-refractivity contribution in [1.29, 1.82) is 0 Å². The lowest BCUT2D eigenvalue weighted by Gasteiger charge is -2.30. The first-order chi connectivity index (χ1) is 8.16. The van der Waals surface area contributed by atoms with Crippen LogP contribution in [0.5, 0.6) is 0 Å². The number of nitrogens with zero attached hydrogens (tertiary/aromatic N) is 1. The number of nitrogens with one attached hydrogen (secondary N) is 1. The zero-order valence-electron chi connectivity index (χ0n) is 10.7. The molecule has 0 amide bonds. The average molecular weight is 253 g/mol. The van der Waals surface area contributed by atoms with Crippen LogP contribution in [0.15, 0.2) is 18.2 Å². The highest BCUT2D eigenvalue weighted by molar-refractivity contribution is 6.31. The van der Waals surface area contributed by atoms with Crippen LogP contribution >= 0.6 is 11.6 Å². The van der Waals surface area contributed by atoms with Crippen molar-refractivity contribution < 1.29 is 0 Å². The summed E-state index contributed by atoms with van der Waals surface area (Å²) in [6.07, 6.45) is 1.19. The molecule has 94 valence electrons. The Bertz CT molecular complexity index is 378. The molecule has 0 aromatic heterocycles. The minimum atomic E-state index is 0.676. The van der Waals surface area contributed by atoms with Crippen molar-refractivity contribution in [3.8, 4) is 0 Å². The van der Waals surface area contributed by atoms with Crippen molar-refractivity contribution in [3.63, 3.8) is 0 Å². The van der Waals surface area contributed by atoms with Gasteiger partial charge in [-0.15, -0.1) is 0 Å². The first-order valence-electron chi connectivity index (χ1n) is 6.38. The average Bonchev–Trinajstić information content (AvgIpc) is 2.27. The normalized spacial score (nSPS) is 22.1. The highest BCUT2D eigenvalue weighted by Gasteiger charge is 2.14. The summed E-state index contributed by atoms with van der Waals surface area (Å²) in [4.78, 5) is 2.46. The lowest BCUT2D eigenvalue weighted by Crippen LogP contribution is -2.38. The fourth-order valence-corrected chi connectivity index (χ4v) is 2.46. The SMILES string of the molecule is Cc1ccc(N2CCCNCC(C)C2)cc1Cl. The maximum atomic E-state index is 6.20. The Balaban J connectivity index is 2.15. The van der Waals surface area contributed by atoms with E-state index in [0.29, 0.717) is 5.92 Å². The number of aryl methyl sites for hydroxylation is 1. The van der Waals surface area contributed by atoms with Gasteiger partial charge in [0.25, 0.3) is 0 Å². The Morgan fingerprint density at radius 2 is 2.24 bits per heavy atom. The van der Waals surface area contributed by atoms with Gasteiger partial charge in [-0.05, 0) is 50.0 Å². The highest BCUT2D eigenvalue weighted by atomic mass is 35.5. The Morgan fingerprint density at radius 3 is 3.00 bits per heavy atom. The van der Waals surface area contributed by atoms with E-state index in [0.717, 1.165) is 36.8 Å². The number of benzene rings is 1.